The first-order valence-corrected chi connectivity index (χ1v) is 6.27. The number of hydrogen-bond acceptors (Lipinski definition) is 1. The predicted molar refractivity (Wildman–Crippen MR) is 72.5 cm³/mol. The average molecular weight is 217 g/mol. The van der Waals surface area contributed by atoms with E-state index in [1.165, 1.54) is 31.5 Å². The van der Waals surface area contributed by atoms with Crippen LogP contribution in [0.25, 0.3) is 6.08 Å². The zero-order valence-electron chi connectivity index (χ0n) is 10.7. The smallest absolute Gasteiger partial charge is 0.00158 e. The quantitative estimate of drug-likeness (QED) is 0.691. The Kier molecular flexibility index (Phi) is 5.87. The van der Waals surface area contributed by atoms with Crippen molar-refractivity contribution in [2.75, 3.05) is 20.1 Å². The van der Waals surface area contributed by atoms with Crippen molar-refractivity contribution in [1.29, 1.82) is 0 Å². The molecule has 2 rings (SSSR count). The van der Waals surface area contributed by atoms with Crippen molar-refractivity contribution < 1.29 is 0 Å². The maximum Gasteiger partial charge on any atom is 0.00158 e. The van der Waals surface area contributed by atoms with Gasteiger partial charge in [-0.1, -0.05) is 55.8 Å². The van der Waals surface area contributed by atoms with Gasteiger partial charge in [0.05, 0.1) is 0 Å². The molecule has 16 heavy (non-hydrogen) atoms. The van der Waals surface area contributed by atoms with E-state index < -0.39 is 0 Å². The van der Waals surface area contributed by atoms with Gasteiger partial charge in [-0.25, -0.2) is 0 Å². The summed E-state index contributed by atoms with van der Waals surface area (Å²) < 4.78 is 0. The van der Waals surface area contributed by atoms with Crippen LogP contribution in [0.3, 0.4) is 0 Å². The summed E-state index contributed by atoms with van der Waals surface area (Å²) in [6.45, 7) is 6.41. The fourth-order valence-electron chi connectivity index (χ4n) is 1.84. The van der Waals surface area contributed by atoms with Crippen LogP contribution in [0, 0.1) is 0 Å². The van der Waals surface area contributed by atoms with Gasteiger partial charge >= 0.3 is 0 Å². The molecular weight excluding hydrogens is 194 g/mol. The maximum absolute atomic E-state index is 2.39. The predicted octanol–water partition coefficient (Wildman–Crippen LogP) is 3.82. The topological polar surface area (TPSA) is 3.24 Å². The first-order valence-electron chi connectivity index (χ1n) is 6.27. The molecule has 0 radical (unpaired) electrons. The highest BCUT2D eigenvalue weighted by molar-refractivity contribution is 5.52. The van der Waals surface area contributed by atoms with Gasteiger partial charge in [-0.15, -0.1) is 0 Å². The number of rotatable bonds is 1. The summed E-state index contributed by atoms with van der Waals surface area (Å²) in [5.74, 6) is 0. The standard InChI is InChI=1S/C13H17N.C2H6/c1-14-9-7-13(8-10-14)11-12-5-3-2-4-6-12;1-2/h2-6,11H,7-10H2,1H3;1-2H3. The third-order valence-corrected chi connectivity index (χ3v) is 2.80. The van der Waals surface area contributed by atoms with Crippen LogP contribution in [-0.4, -0.2) is 25.0 Å². The molecule has 0 N–H and O–H groups in total. The summed E-state index contributed by atoms with van der Waals surface area (Å²) in [5, 5.41) is 0. The average Bonchev–Trinajstić information content (AvgIpc) is 2.36. The SMILES string of the molecule is CC.CN1CCC(=Cc2ccccc2)CC1. The van der Waals surface area contributed by atoms with E-state index in [-0.39, 0.29) is 0 Å². The van der Waals surface area contributed by atoms with Crippen LogP contribution in [0.5, 0.6) is 0 Å². The zero-order valence-corrected chi connectivity index (χ0v) is 10.7. The molecule has 0 saturated carbocycles. The van der Waals surface area contributed by atoms with E-state index in [4.69, 9.17) is 0 Å². The summed E-state index contributed by atoms with van der Waals surface area (Å²) in [6, 6.07) is 10.6. The summed E-state index contributed by atoms with van der Waals surface area (Å²) in [7, 11) is 2.19. The van der Waals surface area contributed by atoms with E-state index in [0.29, 0.717) is 0 Å². The Morgan fingerprint density at radius 2 is 1.56 bits per heavy atom. The van der Waals surface area contributed by atoms with Crippen LogP contribution in [0.4, 0.5) is 0 Å². The van der Waals surface area contributed by atoms with E-state index in [1.807, 2.05) is 13.8 Å². The molecule has 1 aromatic rings. The molecule has 1 heterocycles. The minimum absolute atomic E-state index is 1.21. The molecule has 1 aliphatic rings. The minimum Gasteiger partial charge on any atom is -0.306 e. The fourth-order valence-corrected chi connectivity index (χ4v) is 1.84. The van der Waals surface area contributed by atoms with Crippen LogP contribution in [0.15, 0.2) is 35.9 Å². The highest BCUT2D eigenvalue weighted by Gasteiger charge is 2.08. The van der Waals surface area contributed by atoms with E-state index in [2.05, 4.69) is 48.4 Å². The third kappa shape index (κ3) is 4.19. The molecule has 0 atom stereocenters. The van der Waals surface area contributed by atoms with Crippen molar-refractivity contribution in [3.8, 4) is 0 Å². The van der Waals surface area contributed by atoms with E-state index in [1.54, 1.807) is 5.57 Å². The molecule has 1 fully saturated rings. The summed E-state index contributed by atoms with van der Waals surface area (Å²) in [6.07, 6.45) is 4.80. The van der Waals surface area contributed by atoms with Crippen molar-refractivity contribution in [2.24, 2.45) is 0 Å². The Morgan fingerprint density at radius 3 is 2.12 bits per heavy atom. The second-order valence-corrected chi connectivity index (χ2v) is 4.02. The third-order valence-electron chi connectivity index (χ3n) is 2.80. The Morgan fingerprint density at radius 1 is 1.00 bits per heavy atom. The summed E-state index contributed by atoms with van der Waals surface area (Å²) in [5.41, 5.74) is 2.93. The van der Waals surface area contributed by atoms with Gasteiger partial charge in [-0.3, -0.25) is 0 Å². The largest absolute Gasteiger partial charge is 0.306 e. The molecule has 0 unspecified atom stereocenters. The molecule has 0 bridgehead atoms. The van der Waals surface area contributed by atoms with E-state index >= 15 is 0 Å². The number of benzene rings is 1. The zero-order chi connectivity index (χ0) is 11.8. The second kappa shape index (κ2) is 7.24. The maximum atomic E-state index is 2.39. The first-order chi connectivity index (χ1) is 7.84. The van der Waals surface area contributed by atoms with Crippen molar-refractivity contribution in [1.82, 2.24) is 4.90 Å². The van der Waals surface area contributed by atoms with Crippen LogP contribution in [-0.2, 0) is 0 Å². The molecule has 0 spiro atoms. The lowest BCUT2D eigenvalue weighted by Gasteiger charge is -2.24. The Hall–Kier alpha value is -1.08. The molecule has 1 aromatic carbocycles. The lowest BCUT2D eigenvalue weighted by molar-refractivity contribution is 0.313. The van der Waals surface area contributed by atoms with Crippen LogP contribution in [0.2, 0.25) is 0 Å². The number of likely N-dealkylation sites (tertiary alicyclic amines) is 1. The summed E-state index contributed by atoms with van der Waals surface area (Å²) in [4.78, 5) is 2.39. The lowest BCUT2D eigenvalue weighted by atomic mass is 10.0. The highest BCUT2D eigenvalue weighted by atomic mass is 15.1. The number of piperidine rings is 1. The Labute approximate surface area is 99.8 Å². The second-order valence-electron chi connectivity index (χ2n) is 4.02. The van der Waals surface area contributed by atoms with Crippen molar-refractivity contribution in [3.05, 3.63) is 41.5 Å². The molecule has 1 aliphatic heterocycles. The molecule has 0 aliphatic carbocycles. The van der Waals surface area contributed by atoms with Gasteiger partial charge in [0.1, 0.15) is 0 Å². The molecule has 1 saturated heterocycles. The monoisotopic (exact) mass is 217 g/mol. The Balaban J connectivity index is 0.000000606. The molecular formula is C15H23N. The first kappa shape index (κ1) is 13.0. The number of nitrogens with zero attached hydrogens (tertiary/aromatic N) is 1. The van der Waals surface area contributed by atoms with E-state index in [0.717, 1.165) is 0 Å². The molecule has 0 aromatic heterocycles. The van der Waals surface area contributed by atoms with Crippen molar-refractivity contribution in [3.63, 3.8) is 0 Å². The van der Waals surface area contributed by atoms with Gasteiger partial charge in [0, 0.05) is 13.1 Å². The van der Waals surface area contributed by atoms with Crippen LogP contribution >= 0.6 is 0 Å². The van der Waals surface area contributed by atoms with Gasteiger partial charge < -0.3 is 4.90 Å². The van der Waals surface area contributed by atoms with Crippen LogP contribution < -0.4 is 0 Å². The van der Waals surface area contributed by atoms with Crippen molar-refractivity contribution >= 4 is 6.08 Å². The van der Waals surface area contributed by atoms with Gasteiger partial charge in [0.25, 0.3) is 0 Å². The van der Waals surface area contributed by atoms with Gasteiger partial charge in [-0.05, 0) is 25.5 Å². The lowest BCUT2D eigenvalue weighted by Crippen LogP contribution is -2.26. The molecule has 0 amide bonds. The van der Waals surface area contributed by atoms with Crippen molar-refractivity contribution in [2.45, 2.75) is 26.7 Å². The van der Waals surface area contributed by atoms with Gasteiger partial charge in [0.15, 0.2) is 0 Å². The normalized spacial score (nSPS) is 16.3. The molecule has 1 nitrogen and oxygen atoms in total. The molecule has 1 heteroatoms. The fraction of sp³-hybridized carbons (Fsp3) is 0.467. The summed E-state index contributed by atoms with van der Waals surface area (Å²) >= 11 is 0. The van der Waals surface area contributed by atoms with Gasteiger partial charge in [0.2, 0.25) is 0 Å². The van der Waals surface area contributed by atoms with Gasteiger partial charge in [-0.2, -0.15) is 0 Å². The molecule has 88 valence electrons. The minimum atomic E-state index is 1.21. The number of hydrogen-bond donors (Lipinski definition) is 0. The van der Waals surface area contributed by atoms with Crippen LogP contribution in [0.1, 0.15) is 32.3 Å². The van der Waals surface area contributed by atoms with E-state index in [9.17, 15) is 0 Å². The highest BCUT2D eigenvalue weighted by Crippen LogP contribution is 2.17. The Bertz CT molecular complexity index is 303.